The van der Waals surface area contributed by atoms with Gasteiger partial charge in [-0.15, -0.1) is 0 Å². The van der Waals surface area contributed by atoms with Gasteiger partial charge in [-0.05, 0) is 12.8 Å². The molecule has 21 heavy (non-hydrogen) atoms. The van der Waals surface area contributed by atoms with Crippen molar-refractivity contribution in [2.75, 3.05) is 13.1 Å². The number of oxime groups is 1. The maximum absolute atomic E-state index is 13.1. The van der Waals surface area contributed by atoms with Gasteiger partial charge in [-0.1, -0.05) is 45.7 Å². The molecule has 1 aliphatic heterocycles. The number of carbonyl (C=O) groups excluding carboxylic acids is 1. The standard InChI is InChI=1S/C15H29N3O2S/c1-5-7-15(8-6-2,13(16)17-20)14(19)18-9-11(3)21-12(4)10-18/h11-12,20H,5-10H2,1-4H3,(H2,16,17). The number of amidine groups is 1. The van der Waals surface area contributed by atoms with Crippen LogP contribution in [0.2, 0.25) is 0 Å². The highest BCUT2D eigenvalue weighted by atomic mass is 32.2. The monoisotopic (exact) mass is 315 g/mol. The quantitative estimate of drug-likeness (QED) is 0.342. The van der Waals surface area contributed by atoms with Gasteiger partial charge in [0.15, 0.2) is 5.84 Å². The number of hydrogen-bond donors (Lipinski definition) is 2. The molecule has 1 amide bonds. The first-order chi connectivity index (χ1) is 9.91. The third kappa shape index (κ3) is 4.05. The molecule has 0 saturated carbocycles. The van der Waals surface area contributed by atoms with Crippen molar-refractivity contribution in [2.24, 2.45) is 16.3 Å². The summed E-state index contributed by atoms with van der Waals surface area (Å²) in [6.45, 7) is 9.82. The van der Waals surface area contributed by atoms with Crippen LogP contribution < -0.4 is 5.73 Å². The van der Waals surface area contributed by atoms with Crippen molar-refractivity contribution >= 4 is 23.5 Å². The van der Waals surface area contributed by atoms with Crippen molar-refractivity contribution in [3.8, 4) is 0 Å². The fraction of sp³-hybridized carbons (Fsp3) is 0.867. The third-order valence-corrected chi connectivity index (χ3v) is 5.30. The van der Waals surface area contributed by atoms with E-state index < -0.39 is 5.41 Å². The zero-order valence-corrected chi connectivity index (χ0v) is 14.4. The Morgan fingerprint density at radius 2 is 1.76 bits per heavy atom. The SMILES string of the molecule is CCCC(CCC)(C(=O)N1CC(C)SC(C)C1)C(N)=NO. The van der Waals surface area contributed by atoms with E-state index in [0.717, 1.165) is 25.9 Å². The molecule has 2 unspecified atom stereocenters. The lowest BCUT2D eigenvalue weighted by Crippen LogP contribution is -2.55. The largest absolute Gasteiger partial charge is 0.409 e. The molecular weight excluding hydrogens is 286 g/mol. The molecule has 0 aliphatic carbocycles. The van der Waals surface area contributed by atoms with Gasteiger partial charge in [-0.3, -0.25) is 4.79 Å². The van der Waals surface area contributed by atoms with Crippen molar-refractivity contribution in [2.45, 2.75) is 63.9 Å². The van der Waals surface area contributed by atoms with Gasteiger partial charge in [0.05, 0.1) is 0 Å². The second-order valence-electron chi connectivity index (χ2n) is 6.03. The lowest BCUT2D eigenvalue weighted by molar-refractivity contribution is -0.139. The Labute approximate surface area is 132 Å². The molecule has 1 fully saturated rings. The van der Waals surface area contributed by atoms with E-state index in [9.17, 15) is 4.79 Å². The lowest BCUT2D eigenvalue weighted by atomic mass is 9.76. The fourth-order valence-corrected chi connectivity index (χ4v) is 4.63. The average Bonchev–Trinajstić information content (AvgIpc) is 2.44. The number of rotatable bonds is 6. The van der Waals surface area contributed by atoms with Crippen LogP contribution in [0.15, 0.2) is 5.16 Å². The van der Waals surface area contributed by atoms with Crippen molar-refractivity contribution in [1.29, 1.82) is 0 Å². The predicted molar refractivity (Wildman–Crippen MR) is 88.8 cm³/mol. The molecule has 6 heteroatoms. The maximum atomic E-state index is 13.1. The highest BCUT2D eigenvalue weighted by Gasteiger charge is 2.45. The van der Waals surface area contributed by atoms with Gasteiger partial charge in [-0.2, -0.15) is 11.8 Å². The zero-order valence-electron chi connectivity index (χ0n) is 13.6. The van der Waals surface area contributed by atoms with E-state index in [1.54, 1.807) is 0 Å². The molecule has 0 aromatic carbocycles. The van der Waals surface area contributed by atoms with Gasteiger partial charge in [0.25, 0.3) is 0 Å². The number of nitrogens with zero attached hydrogens (tertiary/aromatic N) is 2. The van der Waals surface area contributed by atoms with Crippen LogP contribution in [-0.2, 0) is 4.79 Å². The normalized spacial score (nSPS) is 24.2. The van der Waals surface area contributed by atoms with Gasteiger partial charge in [0.1, 0.15) is 5.41 Å². The second kappa shape index (κ2) is 7.92. The third-order valence-electron chi connectivity index (χ3n) is 4.07. The first-order valence-corrected chi connectivity index (χ1v) is 8.78. The van der Waals surface area contributed by atoms with E-state index in [4.69, 9.17) is 10.9 Å². The Morgan fingerprint density at radius 3 is 2.14 bits per heavy atom. The number of amides is 1. The van der Waals surface area contributed by atoms with E-state index in [0.29, 0.717) is 23.3 Å². The molecule has 122 valence electrons. The summed E-state index contributed by atoms with van der Waals surface area (Å²) >= 11 is 1.91. The Morgan fingerprint density at radius 1 is 1.29 bits per heavy atom. The predicted octanol–water partition coefficient (Wildman–Crippen LogP) is 2.67. The van der Waals surface area contributed by atoms with Gasteiger partial charge in [0, 0.05) is 23.6 Å². The van der Waals surface area contributed by atoms with Crippen molar-refractivity contribution in [1.82, 2.24) is 4.90 Å². The first-order valence-electron chi connectivity index (χ1n) is 7.84. The van der Waals surface area contributed by atoms with E-state index in [-0.39, 0.29) is 11.7 Å². The molecule has 1 saturated heterocycles. The minimum Gasteiger partial charge on any atom is -0.409 e. The summed E-state index contributed by atoms with van der Waals surface area (Å²) in [7, 11) is 0. The topological polar surface area (TPSA) is 78.9 Å². The Kier molecular flexibility index (Phi) is 6.84. The fourth-order valence-electron chi connectivity index (χ4n) is 3.30. The van der Waals surface area contributed by atoms with Crippen LogP contribution in [0.3, 0.4) is 0 Å². The van der Waals surface area contributed by atoms with Crippen molar-refractivity contribution in [3.63, 3.8) is 0 Å². The summed E-state index contributed by atoms with van der Waals surface area (Å²) in [6.07, 6.45) is 2.91. The van der Waals surface area contributed by atoms with Crippen LogP contribution in [-0.4, -0.2) is 45.4 Å². The minimum atomic E-state index is -0.848. The smallest absolute Gasteiger partial charge is 0.236 e. The van der Waals surface area contributed by atoms with Crippen LogP contribution in [0, 0.1) is 5.41 Å². The highest BCUT2D eigenvalue weighted by molar-refractivity contribution is 8.00. The summed E-state index contributed by atoms with van der Waals surface area (Å²) in [5, 5.41) is 13.2. The van der Waals surface area contributed by atoms with E-state index >= 15 is 0 Å². The van der Waals surface area contributed by atoms with Gasteiger partial charge in [-0.25, -0.2) is 0 Å². The molecule has 0 bridgehead atoms. The molecule has 1 heterocycles. The van der Waals surface area contributed by atoms with Crippen molar-refractivity contribution in [3.05, 3.63) is 0 Å². The van der Waals surface area contributed by atoms with Gasteiger partial charge >= 0.3 is 0 Å². The molecule has 2 atom stereocenters. The number of carbonyl (C=O) groups is 1. The molecule has 0 aromatic rings. The van der Waals surface area contributed by atoms with Gasteiger partial charge in [0.2, 0.25) is 5.91 Å². The summed E-state index contributed by atoms with van der Waals surface area (Å²) in [4.78, 5) is 15.0. The lowest BCUT2D eigenvalue weighted by Gasteiger charge is -2.41. The van der Waals surface area contributed by atoms with Crippen LogP contribution >= 0.6 is 11.8 Å². The van der Waals surface area contributed by atoms with Crippen LogP contribution in [0.1, 0.15) is 53.4 Å². The van der Waals surface area contributed by atoms with Crippen molar-refractivity contribution < 1.29 is 10.0 Å². The molecule has 0 spiro atoms. The molecule has 1 aliphatic rings. The zero-order chi connectivity index (χ0) is 16.0. The van der Waals surface area contributed by atoms with E-state index in [1.165, 1.54) is 0 Å². The summed E-state index contributed by atoms with van der Waals surface area (Å²) < 4.78 is 0. The first kappa shape index (κ1) is 18.1. The van der Waals surface area contributed by atoms with E-state index in [1.807, 2.05) is 30.5 Å². The Balaban J connectivity index is 3.08. The summed E-state index contributed by atoms with van der Waals surface area (Å²) in [5.74, 6) is 0.0928. The van der Waals surface area contributed by atoms with Gasteiger partial charge < -0.3 is 15.8 Å². The molecule has 0 aromatic heterocycles. The minimum absolute atomic E-state index is 0.0282. The number of nitrogens with two attached hydrogens (primary N) is 1. The maximum Gasteiger partial charge on any atom is 0.236 e. The number of hydrogen-bond acceptors (Lipinski definition) is 4. The van der Waals surface area contributed by atoms with Crippen LogP contribution in [0.25, 0.3) is 0 Å². The molecular formula is C15H29N3O2S. The molecule has 5 nitrogen and oxygen atoms in total. The molecule has 1 rings (SSSR count). The molecule has 3 N–H and O–H groups in total. The Bertz CT molecular complexity index is 371. The summed E-state index contributed by atoms with van der Waals surface area (Å²) in [6, 6.07) is 0. The van der Waals surface area contributed by atoms with Crippen LogP contribution in [0.5, 0.6) is 0 Å². The summed E-state index contributed by atoms with van der Waals surface area (Å²) in [5.41, 5.74) is 5.10. The molecule has 0 radical (unpaired) electrons. The van der Waals surface area contributed by atoms with E-state index in [2.05, 4.69) is 19.0 Å². The second-order valence-corrected chi connectivity index (χ2v) is 7.92. The Hall–Kier alpha value is -0.910. The average molecular weight is 315 g/mol. The highest BCUT2D eigenvalue weighted by Crippen LogP contribution is 2.35. The van der Waals surface area contributed by atoms with Crippen LogP contribution in [0.4, 0.5) is 0 Å². The number of thioether (sulfide) groups is 1.